The third-order valence-electron chi connectivity index (χ3n) is 4.58. The smallest absolute Gasteiger partial charge is 0.475 e. The van der Waals surface area contributed by atoms with E-state index in [1.165, 1.54) is 0 Å². The minimum Gasteiger partial charge on any atom is -0.475 e. The average molecular weight is 362 g/mol. The van der Waals surface area contributed by atoms with Crippen molar-refractivity contribution in [3.05, 3.63) is 23.7 Å². The average Bonchev–Trinajstić information content (AvgIpc) is 3.09. The molecule has 3 heterocycles. The molecule has 0 aliphatic carbocycles. The van der Waals surface area contributed by atoms with Crippen molar-refractivity contribution >= 4 is 11.9 Å². The van der Waals surface area contributed by atoms with Gasteiger partial charge < -0.3 is 14.8 Å². The van der Waals surface area contributed by atoms with E-state index in [4.69, 9.17) is 14.3 Å². The van der Waals surface area contributed by atoms with Gasteiger partial charge in [-0.05, 0) is 30.9 Å². The zero-order valence-corrected chi connectivity index (χ0v) is 14.0. The van der Waals surface area contributed by atoms with E-state index in [0.717, 1.165) is 37.7 Å². The SMILES string of the molecule is Cc1ccc(CN2C[C@@H]3CNC(=O)[C@@H](C)[C@@H]3C2)o1.O=C(O)C(F)(F)F. The molecule has 0 spiro atoms. The van der Waals surface area contributed by atoms with E-state index in [1.807, 2.05) is 26.0 Å². The van der Waals surface area contributed by atoms with E-state index >= 15 is 0 Å². The van der Waals surface area contributed by atoms with Crippen molar-refractivity contribution in [2.24, 2.45) is 17.8 Å². The normalized spacial score (nSPS) is 26.4. The van der Waals surface area contributed by atoms with Gasteiger partial charge in [-0.3, -0.25) is 9.69 Å². The molecule has 0 saturated carbocycles. The first-order valence-electron chi connectivity index (χ1n) is 7.93. The Bertz CT molecular complexity index is 629. The van der Waals surface area contributed by atoms with Gasteiger partial charge in [-0.1, -0.05) is 6.92 Å². The van der Waals surface area contributed by atoms with Crippen LogP contribution in [0.3, 0.4) is 0 Å². The highest BCUT2D eigenvalue weighted by atomic mass is 19.4. The Hall–Kier alpha value is -2.03. The first-order valence-corrected chi connectivity index (χ1v) is 7.93. The van der Waals surface area contributed by atoms with Crippen molar-refractivity contribution in [2.75, 3.05) is 19.6 Å². The lowest BCUT2D eigenvalue weighted by atomic mass is 9.81. The Balaban J connectivity index is 0.000000277. The second kappa shape index (κ2) is 7.47. The van der Waals surface area contributed by atoms with Crippen molar-refractivity contribution in [1.82, 2.24) is 10.2 Å². The van der Waals surface area contributed by atoms with E-state index in [9.17, 15) is 18.0 Å². The highest BCUT2D eigenvalue weighted by molar-refractivity contribution is 5.79. The Morgan fingerprint density at radius 2 is 2.04 bits per heavy atom. The summed E-state index contributed by atoms with van der Waals surface area (Å²) < 4.78 is 37.4. The van der Waals surface area contributed by atoms with Crippen LogP contribution in [0, 0.1) is 24.7 Å². The third-order valence-corrected chi connectivity index (χ3v) is 4.58. The number of halogens is 3. The number of carbonyl (C=O) groups is 2. The number of carboxylic acid groups (broad SMARTS) is 1. The minimum absolute atomic E-state index is 0.145. The number of nitrogens with zero attached hydrogens (tertiary/aromatic N) is 1. The number of nitrogens with one attached hydrogen (secondary N) is 1. The van der Waals surface area contributed by atoms with Crippen LogP contribution in [0.1, 0.15) is 18.4 Å². The Morgan fingerprint density at radius 3 is 2.56 bits per heavy atom. The van der Waals surface area contributed by atoms with Crippen LogP contribution < -0.4 is 5.32 Å². The molecule has 0 bridgehead atoms. The van der Waals surface area contributed by atoms with Gasteiger partial charge in [0.1, 0.15) is 11.5 Å². The number of carbonyl (C=O) groups excluding carboxylic acids is 1. The Morgan fingerprint density at radius 1 is 1.40 bits per heavy atom. The lowest BCUT2D eigenvalue weighted by Crippen LogP contribution is -2.46. The second-order valence-electron chi connectivity index (χ2n) is 6.47. The summed E-state index contributed by atoms with van der Waals surface area (Å²) in [6, 6.07) is 4.05. The third kappa shape index (κ3) is 4.97. The first-order chi connectivity index (χ1) is 11.6. The molecule has 2 N–H and O–H groups in total. The Kier molecular flexibility index (Phi) is 5.76. The lowest BCUT2D eigenvalue weighted by molar-refractivity contribution is -0.192. The molecular weight excluding hydrogens is 341 g/mol. The molecule has 2 saturated heterocycles. The molecule has 0 radical (unpaired) electrons. The number of amides is 1. The molecule has 0 aromatic carbocycles. The fourth-order valence-corrected chi connectivity index (χ4v) is 3.28. The summed E-state index contributed by atoms with van der Waals surface area (Å²) in [4.78, 5) is 23.0. The molecule has 2 aliphatic rings. The summed E-state index contributed by atoms with van der Waals surface area (Å²) in [6.45, 7) is 7.79. The highest BCUT2D eigenvalue weighted by Gasteiger charge is 2.42. The zero-order valence-electron chi connectivity index (χ0n) is 14.0. The van der Waals surface area contributed by atoms with Crippen molar-refractivity contribution in [2.45, 2.75) is 26.6 Å². The van der Waals surface area contributed by atoms with Crippen LogP contribution in [-0.4, -0.2) is 47.7 Å². The number of carboxylic acids is 1. The molecule has 2 aliphatic heterocycles. The first kappa shape index (κ1) is 19.3. The van der Waals surface area contributed by atoms with Gasteiger partial charge in [0.15, 0.2) is 0 Å². The Labute approximate surface area is 143 Å². The van der Waals surface area contributed by atoms with Gasteiger partial charge in [0.05, 0.1) is 6.54 Å². The van der Waals surface area contributed by atoms with Crippen LogP contribution >= 0.6 is 0 Å². The summed E-state index contributed by atoms with van der Waals surface area (Å²) in [7, 11) is 0. The van der Waals surface area contributed by atoms with Crippen LogP contribution in [0.4, 0.5) is 13.2 Å². The molecule has 9 heteroatoms. The van der Waals surface area contributed by atoms with Crippen LogP contribution in [0.25, 0.3) is 0 Å². The summed E-state index contributed by atoms with van der Waals surface area (Å²) in [6.07, 6.45) is -5.08. The van der Waals surface area contributed by atoms with E-state index in [1.54, 1.807) is 0 Å². The fraction of sp³-hybridized carbons (Fsp3) is 0.625. The maximum absolute atomic E-state index is 11.7. The standard InChI is InChI=1S/C14H20N2O2.C2HF3O2/c1-9-3-4-12(18-9)7-16-6-11-5-15-14(17)10(2)13(11)8-16;3-2(4,5)1(6)7/h3-4,10-11,13H,5-8H2,1-2H3,(H,15,17);(H,6,7)/t10-,11-,13-;/m0./s1. The fourth-order valence-electron chi connectivity index (χ4n) is 3.28. The number of fused-ring (bicyclic) bond motifs is 1. The van der Waals surface area contributed by atoms with Gasteiger partial charge in [0.2, 0.25) is 5.91 Å². The van der Waals surface area contributed by atoms with E-state index in [0.29, 0.717) is 11.8 Å². The molecule has 1 aromatic rings. The number of piperidine rings is 1. The van der Waals surface area contributed by atoms with Gasteiger partial charge in [-0.2, -0.15) is 13.2 Å². The van der Waals surface area contributed by atoms with Crippen molar-refractivity contribution in [3.8, 4) is 0 Å². The van der Waals surface area contributed by atoms with E-state index < -0.39 is 12.1 Å². The van der Waals surface area contributed by atoms with Crippen LogP contribution in [0.15, 0.2) is 16.5 Å². The van der Waals surface area contributed by atoms with Crippen LogP contribution in [0.2, 0.25) is 0 Å². The summed E-state index contributed by atoms with van der Waals surface area (Å²) in [5.74, 6) is 0.708. The molecule has 1 amide bonds. The van der Waals surface area contributed by atoms with Crippen molar-refractivity contribution < 1.29 is 32.3 Å². The monoisotopic (exact) mass is 362 g/mol. The van der Waals surface area contributed by atoms with Gasteiger partial charge in [0, 0.05) is 25.6 Å². The predicted octanol–water partition coefficient (Wildman–Crippen LogP) is 2.04. The minimum atomic E-state index is -5.08. The molecule has 3 rings (SSSR count). The number of hydrogen-bond acceptors (Lipinski definition) is 4. The molecule has 1 aromatic heterocycles. The van der Waals surface area contributed by atoms with E-state index in [2.05, 4.69) is 10.2 Å². The molecule has 25 heavy (non-hydrogen) atoms. The molecule has 3 atom stereocenters. The van der Waals surface area contributed by atoms with Gasteiger partial charge in [-0.15, -0.1) is 0 Å². The zero-order chi connectivity index (χ0) is 18.8. The molecule has 0 unspecified atom stereocenters. The van der Waals surface area contributed by atoms with E-state index in [-0.39, 0.29) is 11.8 Å². The number of rotatable bonds is 2. The van der Waals surface area contributed by atoms with Crippen LogP contribution in [-0.2, 0) is 16.1 Å². The predicted molar refractivity (Wildman–Crippen MR) is 81.6 cm³/mol. The number of furan rings is 1. The molecule has 6 nitrogen and oxygen atoms in total. The molecule has 2 fully saturated rings. The number of likely N-dealkylation sites (tertiary alicyclic amines) is 1. The van der Waals surface area contributed by atoms with Gasteiger partial charge >= 0.3 is 12.1 Å². The number of aliphatic carboxylic acids is 1. The number of alkyl halides is 3. The van der Waals surface area contributed by atoms with Crippen LogP contribution in [0.5, 0.6) is 0 Å². The largest absolute Gasteiger partial charge is 0.490 e. The summed E-state index contributed by atoms with van der Waals surface area (Å²) in [5, 5.41) is 10.1. The number of hydrogen-bond donors (Lipinski definition) is 2. The summed E-state index contributed by atoms with van der Waals surface area (Å²) in [5.41, 5.74) is 0. The maximum Gasteiger partial charge on any atom is 0.490 e. The topological polar surface area (TPSA) is 82.8 Å². The molecular formula is C16H21F3N2O4. The number of aryl methyl sites for hydroxylation is 1. The second-order valence-corrected chi connectivity index (χ2v) is 6.47. The molecule has 140 valence electrons. The highest BCUT2D eigenvalue weighted by Crippen LogP contribution is 2.33. The lowest BCUT2D eigenvalue weighted by Gasteiger charge is -2.30. The quantitative estimate of drug-likeness (QED) is 0.841. The van der Waals surface area contributed by atoms with Gasteiger partial charge in [-0.25, -0.2) is 4.79 Å². The van der Waals surface area contributed by atoms with Crippen molar-refractivity contribution in [3.63, 3.8) is 0 Å². The van der Waals surface area contributed by atoms with Crippen molar-refractivity contribution in [1.29, 1.82) is 0 Å². The maximum atomic E-state index is 11.7. The van der Waals surface area contributed by atoms with Gasteiger partial charge in [0.25, 0.3) is 0 Å². The summed E-state index contributed by atoms with van der Waals surface area (Å²) >= 11 is 0.